The van der Waals surface area contributed by atoms with Gasteiger partial charge in [0.15, 0.2) is 0 Å². The first kappa shape index (κ1) is 9.71. The Morgan fingerprint density at radius 1 is 1.00 bits per heavy atom. The highest BCUT2D eigenvalue weighted by atomic mass is 19.1. The summed E-state index contributed by atoms with van der Waals surface area (Å²) in [5.74, 6) is -0.0377. The van der Waals surface area contributed by atoms with Gasteiger partial charge in [0, 0.05) is 0 Å². The van der Waals surface area contributed by atoms with Crippen LogP contribution >= 0.6 is 0 Å². The molecule has 2 aromatic rings. The van der Waals surface area contributed by atoms with Crippen molar-refractivity contribution in [3.63, 3.8) is 0 Å². The molecule has 0 saturated heterocycles. The molecule has 2 aromatic carbocycles. The van der Waals surface area contributed by atoms with E-state index in [1.54, 1.807) is 31.2 Å². The van der Waals surface area contributed by atoms with Gasteiger partial charge < -0.3 is 5.11 Å². The second-order valence-electron chi connectivity index (χ2n) is 3.51. The number of aryl methyl sites for hydroxylation is 1. The molecule has 0 fully saturated rings. The van der Waals surface area contributed by atoms with Gasteiger partial charge in [-0.15, -0.1) is 0 Å². The third kappa shape index (κ3) is 1.99. The van der Waals surface area contributed by atoms with Crippen molar-refractivity contribution in [3.8, 4) is 16.9 Å². The normalized spacial score (nSPS) is 10.3. The van der Waals surface area contributed by atoms with Gasteiger partial charge in [-0.1, -0.05) is 24.3 Å². The number of rotatable bonds is 1. The van der Waals surface area contributed by atoms with Gasteiger partial charge in [0.2, 0.25) is 0 Å². The van der Waals surface area contributed by atoms with Crippen molar-refractivity contribution >= 4 is 0 Å². The van der Waals surface area contributed by atoms with E-state index in [4.69, 9.17) is 0 Å². The Balaban J connectivity index is 2.50. The molecule has 1 nitrogen and oxygen atoms in total. The lowest BCUT2D eigenvalue weighted by molar-refractivity contribution is 0.475. The molecule has 0 aliphatic rings. The average Bonchev–Trinajstić information content (AvgIpc) is 2.22. The molecule has 0 aliphatic heterocycles. The predicted molar refractivity (Wildman–Crippen MR) is 58.2 cm³/mol. The van der Waals surface area contributed by atoms with Crippen LogP contribution in [0, 0.1) is 12.7 Å². The second kappa shape index (κ2) is 3.73. The third-order valence-electron chi connectivity index (χ3n) is 2.35. The summed E-state index contributed by atoms with van der Waals surface area (Å²) in [4.78, 5) is 0. The van der Waals surface area contributed by atoms with Crippen molar-refractivity contribution in [1.29, 1.82) is 0 Å². The van der Waals surface area contributed by atoms with Gasteiger partial charge in [-0.05, 0) is 41.8 Å². The van der Waals surface area contributed by atoms with E-state index in [2.05, 4.69) is 0 Å². The van der Waals surface area contributed by atoms with Gasteiger partial charge in [-0.2, -0.15) is 0 Å². The lowest BCUT2D eigenvalue weighted by atomic mass is 10.0. The van der Waals surface area contributed by atoms with Crippen molar-refractivity contribution in [3.05, 3.63) is 53.8 Å². The Kier molecular flexibility index (Phi) is 2.42. The zero-order chi connectivity index (χ0) is 10.8. The topological polar surface area (TPSA) is 20.2 Å². The first-order chi connectivity index (χ1) is 7.16. The number of benzene rings is 2. The van der Waals surface area contributed by atoms with Crippen molar-refractivity contribution in [1.82, 2.24) is 0 Å². The fourth-order valence-corrected chi connectivity index (χ4v) is 1.46. The Hall–Kier alpha value is -1.83. The third-order valence-corrected chi connectivity index (χ3v) is 2.35. The first-order valence-corrected chi connectivity index (χ1v) is 4.72. The van der Waals surface area contributed by atoms with Gasteiger partial charge in [-0.25, -0.2) is 4.39 Å². The molecule has 0 aliphatic carbocycles. The summed E-state index contributed by atoms with van der Waals surface area (Å²) >= 11 is 0. The van der Waals surface area contributed by atoms with Gasteiger partial charge in [0.25, 0.3) is 0 Å². The number of hydrogen-bond acceptors (Lipinski definition) is 1. The highest BCUT2D eigenvalue weighted by molar-refractivity contribution is 5.65. The van der Waals surface area contributed by atoms with Crippen LogP contribution in [0.25, 0.3) is 11.1 Å². The van der Waals surface area contributed by atoms with Crippen LogP contribution in [0.2, 0.25) is 0 Å². The molecule has 2 heteroatoms. The van der Waals surface area contributed by atoms with E-state index in [9.17, 15) is 9.50 Å². The molecule has 76 valence electrons. The standard InChI is InChI=1S/C13H11FO/c1-9-5-6-11(8-13(9)14)10-3-2-4-12(15)7-10/h2-8,15H,1H3. The molecular formula is C13H11FO. The number of hydrogen-bond donors (Lipinski definition) is 1. The van der Waals surface area contributed by atoms with Gasteiger partial charge in [0.1, 0.15) is 11.6 Å². The van der Waals surface area contributed by atoms with E-state index in [1.165, 1.54) is 6.07 Å². The lowest BCUT2D eigenvalue weighted by Gasteiger charge is -2.03. The van der Waals surface area contributed by atoms with Crippen LogP contribution in [0.5, 0.6) is 5.75 Å². The molecule has 0 atom stereocenters. The van der Waals surface area contributed by atoms with Gasteiger partial charge in [-0.3, -0.25) is 0 Å². The van der Waals surface area contributed by atoms with Gasteiger partial charge >= 0.3 is 0 Å². The Labute approximate surface area is 87.8 Å². The molecule has 15 heavy (non-hydrogen) atoms. The van der Waals surface area contributed by atoms with Crippen LogP contribution in [0.3, 0.4) is 0 Å². The van der Waals surface area contributed by atoms with Crippen molar-refractivity contribution in [2.24, 2.45) is 0 Å². The fraction of sp³-hybridized carbons (Fsp3) is 0.0769. The maximum absolute atomic E-state index is 13.3. The molecule has 0 spiro atoms. The molecular weight excluding hydrogens is 191 g/mol. The molecule has 2 rings (SSSR count). The molecule has 0 saturated carbocycles. The number of phenolic OH excluding ortho intramolecular Hbond substituents is 1. The monoisotopic (exact) mass is 202 g/mol. The molecule has 0 radical (unpaired) electrons. The molecule has 1 N–H and O–H groups in total. The maximum atomic E-state index is 13.3. The largest absolute Gasteiger partial charge is 0.508 e. The van der Waals surface area contributed by atoms with Crippen LogP contribution < -0.4 is 0 Å². The van der Waals surface area contributed by atoms with Crippen molar-refractivity contribution in [2.45, 2.75) is 6.92 Å². The Morgan fingerprint density at radius 2 is 1.73 bits per heavy atom. The predicted octanol–water partition coefficient (Wildman–Crippen LogP) is 3.51. The maximum Gasteiger partial charge on any atom is 0.126 e. The van der Waals surface area contributed by atoms with Crippen LogP contribution in [-0.2, 0) is 0 Å². The summed E-state index contributed by atoms with van der Waals surface area (Å²) in [6.45, 7) is 1.72. The average molecular weight is 202 g/mol. The minimum Gasteiger partial charge on any atom is -0.508 e. The molecule has 0 unspecified atom stereocenters. The van der Waals surface area contributed by atoms with E-state index in [0.717, 1.165) is 11.1 Å². The smallest absolute Gasteiger partial charge is 0.126 e. The van der Waals surface area contributed by atoms with E-state index >= 15 is 0 Å². The van der Waals surface area contributed by atoms with Crippen molar-refractivity contribution < 1.29 is 9.50 Å². The first-order valence-electron chi connectivity index (χ1n) is 4.72. The van der Waals surface area contributed by atoms with Crippen molar-refractivity contribution in [2.75, 3.05) is 0 Å². The van der Waals surface area contributed by atoms with Crippen LogP contribution in [0.4, 0.5) is 4.39 Å². The SMILES string of the molecule is Cc1ccc(-c2cccc(O)c2)cc1F. The number of phenols is 1. The van der Waals surface area contributed by atoms with Crippen LogP contribution in [-0.4, -0.2) is 5.11 Å². The summed E-state index contributed by atoms with van der Waals surface area (Å²) in [7, 11) is 0. The molecule has 0 bridgehead atoms. The fourth-order valence-electron chi connectivity index (χ4n) is 1.46. The number of halogens is 1. The summed E-state index contributed by atoms with van der Waals surface area (Å²) in [6.07, 6.45) is 0. The highest BCUT2D eigenvalue weighted by Crippen LogP contribution is 2.24. The van der Waals surface area contributed by atoms with E-state index in [0.29, 0.717) is 5.56 Å². The molecule has 0 heterocycles. The van der Waals surface area contributed by atoms with Gasteiger partial charge in [0.05, 0.1) is 0 Å². The molecule has 0 aromatic heterocycles. The number of aromatic hydroxyl groups is 1. The zero-order valence-electron chi connectivity index (χ0n) is 8.37. The lowest BCUT2D eigenvalue weighted by Crippen LogP contribution is -1.84. The minimum atomic E-state index is -0.226. The van der Waals surface area contributed by atoms with E-state index < -0.39 is 0 Å². The van der Waals surface area contributed by atoms with E-state index in [-0.39, 0.29) is 11.6 Å². The summed E-state index contributed by atoms with van der Waals surface area (Å²) < 4.78 is 13.3. The Morgan fingerprint density at radius 3 is 2.40 bits per heavy atom. The molecule has 0 amide bonds. The second-order valence-corrected chi connectivity index (χ2v) is 3.51. The summed E-state index contributed by atoms with van der Waals surface area (Å²) in [5.41, 5.74) is 2.21. The minimum absolute atomic E-state index is 0.188. The van der Waals surface area contributed by atoms with E-state index in [1.807, 2.05) is 12.1 Å². The Bertz CT molecular complexity index is 492. The summed E-state index contributed by atoms with van der Waals surface area (Å²) in [6, 6.07) is 11.8. The highest BCUT2D eigenvalue weighted by Gasteiger charge is 2.02. The zero-order valence-corrected chi connectivity index (χ0v) is 8.37. The van der Waals surface area contributed by atoms with Crippen LogP contribution in [0.1, 0.15) is 5.56 Å². The summed E-state index contributed by atoms with van der Waals surface area (Å²) in [5, 5.41) is 9.30. The van der Waals surface area contributed by atoms with Crippen LogP contribution in [0.15, 0.2) is 42.5 Å². The quantitative estimate of drug-likeness (QED) is 0.750.